The molecule has 37 N–H and O–H groups in total. The molecule has 0 heterocycles. The van der Waals surface area contributed by atoms with E-state index in [1.807, 2.05) is 0 Å². The van der Waals surface area contributed by atoms with Gasteiger partial charge in [-0.2, -0.15) is 7.82 Å². The van der Waals surface area contributed by atoms with E-state index >= 15 is 0 Å². The Hall–Kier alpha value is -2.22. The Kier molecular flexibility index (Phi) is 267. The summed E-state index contributed by atoms with van der Waals surface area (Å²) in [6.07, 6.45) is -2.08. The lowest BCUT2D eigenvalue weighted by Gasteiger charge is -2.36. The van der Waals surface area contributed by atoms with Crippen molar-refractivity contribution in [3.63, 3.8) is 0 Å². The Labute approximate surface area is 180 Å². The molecular weight excluding hydrogens is 521 g/mol. The summed E-state index contributed by atoms with van der Waals surface area (Å²) in [6.45, 7) is 0. The Bertz CT molecular complexity index is 393. The quantitative estimate of drug-likeness (QED) is 0.0333. The van der Waals surface area contributed by atoms with E-state index in [-0.39, 0.29) is 67.8 Å². The van der Waals surface area contributed by atoms with Crippen molar-refractivity contribution in [1.82, 2.24) is 55.4 Å². The topological polar surface area (TPSA) is 674 Å². The first kappa shape index (κ1) is 117. The number of carbonyl (C=O) groups is 1. The van der Waals surface area contributed by atoms with Crippen molar-refractivity contribution in [3.05, 3.63) is 25.4 Å². The lowest BCUT2D eigenvalue weighted by atomic mass is 11.5. The van der Waals surface area contributed by atoms with Gasteiger partial charge in [0.1, 0.15) is 0 Å². The third-order valence-corrected chi connectivity index (χ3v) is 0. The van der Waals surface area contributed by atoms with Crippen LogP contribution in [0.5, 0.6) is 0 Å². The van der Waals surface area contributed by atoms with Gasteiger partial charge in [-0.1, -0.05) is 0 Å². The highest BCUT2D eigenvalue weighted by atomic mass is 35.5. The van der Waals surface area contributed by atoms with Gasteiger partial charge in [-0.25, -0.2) is 0 Å². The van der Waals surface area contributed by atoms with Crippen LogP contribution in [0, 0.1) is 25.4 Å². The molecular formula is CH37ClN11O16PS. The third kappa shape index (κ3) is 3750. The number of hydrogen-bond acceptors (Lipinski definition) is 16. The maximum Gasteiger partial charge on any atom is 0.249 e. The van der Waals surface area contributed by atoms with E-state index in [0.29, 0.717) is 0 Å². The van der Waals surface area contributed by atoms with Crippen LogP contribution in [0.4, 0.5) is 4.79 Å². The molecule has 0 aliphatic rings. The summed E-state index contributed by atoms with van der Waals surface area (Å²) < 4.78 is 42.6. The van der Waals surface area contributed by atoms with E-state index in [2.05, 4.69) is 0 Å². The van der Waals surface area contributed by atoms with Crippen molar-refractivity contribution >= 4 is 24.4 Å². The van der Waals surface area contributed by atoms with E-state index in [1.54, 1.807) is 0 Å². The zero-order chi connectivity index (χ0) is 18.9. The molecule has 0 aromatic heterocycles. The minimum absolute atomic E-state index is 0. The molecule has 0 fully saturated rings. The third-order valence-electron chi connectivity index (χ3n) is 0. The average molecular weight is 558 g/mol. The minimum atomic E-state index is -5.39. The predicted octanol–water partition coefficient (Wildman–Crippen LogP) is -4.87. The molecule has 0 aliphatic heterocycles. The highest BCUT2D eigenvalue weighted by Crippen LogP contribution is 2.03. The van der Waals surface area contributed by atoms with Crippen LogP contribution in [0.25, 0.3) is 0 Å². The molecule has 210 valence electrons. The van der Waals surface area contributed by atoms with E-state index in [4.69, 9.17) is 77.2 Å². The molecule has 0 amide bonds. The fourth-order valence-electron chi connectivity index (χ4n) is 0. The highest BCUT2D eigenvalue weighted by Gasteiger charge is 1.51. The van der Waals surface area contributed by atoms with Crippen molar-refractivity contribution in [1.29, 1.82) is 0 Å². The number of halogens is 1. The molecule has 27 nitrogen and oxygen atoms in total. The van der Waals surface area contributed by atoms with Crippen LogP contribution in [0.15, 0.2) is 5.34 Å². The lowest BCUT2D eigenvalue weighted by Crippen LogP contribution is -3.00. The first-order valence-electron chi connectivity index (χ1n) is 2.94. The van der Waals surface area contributed by atoms with Crippen LogP contribution >= 0.6 is 7.82 Å². The number of quaternary nitrogens is 9. The second-order valence-corrected chi connectivity index (χ2v) is 3.13. The first-order valence-corrected chi connectivity index (χ1v) is 5.74. The average Bonchev–Trinajstić information content (AvgIpc) is 1.92. The fraction of sp³-hybridized carbons (Fsp3) is 0. The second-order valence-electron chi connectivity index (χ2n) is 1.42. The molecule has 0 bridgehead atoms. The SMILES string of the molecule is O=C([O-])O.O=N[O-].O=P([O-])([O-])[O-].O=S(=O)([O-])[O-].O=[N+]([O-])[O-].[Cl-].[NH4+].[NH4+].[NH4+].[NH4+].[NH4+].[NH4+].[NH4+].[NH4+].[NH4+]. The van der Waals surface area contributed by atoms with Gasteiger partial charge in [0.15, 0.2) is 0 Å². The summed E-state index contributed by atoms with van der Waals surface area (Å²) in [6, 6.07) is 0. The van der Waals surface area contributed by atoms with Crippen LogP contribution in [-0.2, 0) is 15.0 Å². The van der Waals surface area contributed by atoms with Gasteiger partial charge < -0.3 is 137 Å². The number of carboxylic acid groups (broad SMARTS) is 2. The molecule has 0 aromatic rings. The van der Waals surface area contributed by atoms with Crippen LogP contribution in [-0.4, -0.2) is 33.9 Å². The first-order chi connectivity index (χ1) is 8.88. The van der Waals surface area contributed by atoms with Crippen molar-refractivity contribution in [2.75, 3.05) is 0 Å². The lowest BCUT2D eigenvalue weighted by molar-refractivity contribution is -0.432. The summed E-state index contributed by atoms with van der Waals surface area (Å²) in [7, 11) is -10.6. The molecule has 0 spiro atoms. The van der Waals surface area contributed by atoms with Gasteiger partial charge in [0.2, 0.25) is 6.16 Å². The number of nitrogens with zero attached hydrogens (tertiary/aromatic N) is 2. The number of rotatable bonds is 0. The summed E-state index contributed by atoms with van der Waals surface area (Å²) in [5.41, 5.74) is 0. The van der Waals surface area contributed by atoms with Crippen molar-refractivity contribution in [2.24, 2.45) is 5.34 Å². The van der Waals surface area contributed by atoms with Gasteiger partial charge in [0, 0.05) is 10.4 Å². The molecule has 0 aromatic carbocycles. The van der Waals surface area contributed by atoms with E-state index < -0.39 is 29.5 Å². The molecule has 0 atom stereocenters. The molecule has 31 heavy (non-hydrogen) atoms. The summed E-state index contributed by atoms with van der Waals surface area (Å²) in [4.78, 5) is 50.3. The fourth-order valence-corrected chi connectivity index (χ4v) is 0. The summed E-state index contributed by atoms with van der Waals surface area (Å²) in [5.74, 6) is 0. The maximum absolute atomic E-state index is 8.55. The zero-order valence-electron chi connectivity index (χ0n) is 18.2. The molecule has 0 saturated carbocycles. The van der Waals surface area contributed by atoms with Crippen LogP contribution < -0.4 is 87.5 Å². The summed E-state index contributed by atoms with van der Waals surface area (Å²) in [5, 5.41) is 39.1. The summed E-state index contributed by atoms with van der Waals surface area (Å²) >= 11 is 0. The molecule has 30 heteroatoms. The van der Waals surface area contributed by atoms with Gasteiger partial charge in [-0.15, -0.1) is 5.34 Å². The van der Waals surface area contributed by atoms with Crippen LogP contribution in [0.2, 0.25) is 0 Å². The van der Waals surface area contributed by atoms with Gasteiger partial charge in [-0.05, 0) is 0 Å². The minimum Gasteiger partial charge on any atom is -1.00 e. The molecule has 0 rings (SSSR count). The Morgan fingerprint density at radius 1 is 0.839 bits per heavy atom. The van der Waals surface area contributed by atoms with E-state index in [0.717, 1.165) is 5.34 Å². The van der Waals surface area contributed by atoms with Gasteiger partial charge in [-0.3, -0.25) is 8.42 Å². The van der Waals surface area contributed by atoms with Crippen molar-refractivity contribution in [2.45, 2.75) is 0 Å². The standard InChI is InChI=1S/CH2O3.ClH.NO3.HNO2.9H3N.H3O4P.H2O4S/c2-1(3)4;;2-1(3)4;2-1-3;;;;;;;;;;2*1-5(2,3)4/h(H2,2,3,4);1H;;(H,2,3);9*1H3;(H3,1,2,3,4);(H2,1,2,3,4)/q;;-1;;;;;;;;;;;;/p+1. The van der Waals surface area contributed by atoms with E-state index in [1.165, 1.54) is 0 Å². The smallest absolute Gasteiger partial charge is 0.249 e. The Morgan fingerprint density at radius 3 is 0.839 bits per heavy atom. The van der Waals surface area contributed by atoms with Gasteiger partial charge in [0.25, 0.3) is 0 Å². The number of phosphoric acid groups is 1. The van der Waals surface area contributed by atoms with Gasteiger partial charge >= 0.3 is 0 Å². The zero-order valence-corrected chi connectivity index (χ0v) is 20.7. The van der Waals surface area contributed by atoms with Gasteiger partial charge in [0.05, 0.1) is 5.09 Å². The predicted molar refractivity (Wildman–Crippen MR) is 99.5 cm³/mol. The Balaban J connectivity index is -0.00000000740. The van der Waals surface area contributed by atoms with Crippen molar-refractivity contribution < 1.29 is 69.3 Å². The maximum atomic E-state index is 8.55. The second kappa shape index (κ2) is 70.8. The Morgan fingerprint density at radius 2 is 0.839 bits per heavy atom. The van der Waals surface area contributed by atoms with Crippen LogP contribution in [0.3, 0.4) is 0 Å². The largest absolute Gasteiger partial charge is 1.00 e. The van der Waals surface area contributed by atoms with Crippen LogP contribution in [0.1, 0.15) is 0 Å². The molecule has 0 radical (unpaired) electrons. The molecule has 0 aliphatic carbocycles. The normalized spacial score (nSPS) is 5.71. The molecule has 0 unspecified atom stereocenters. The van der Waals surface area contributed by atoms with E-state index in [9.17, 15) is 0 Å². The number of hydrogen-bond donors (Lipinski definition) is 10. The molecule has 0 saturated heterocycles. The monoisotopic (exact) mass is 557 g/mol. The van der Waals surface area contributed by atoms with Crippen molar-refractivity contribution in [3.8, 4) is 0 Å². The highest BCUT2D eigenvalue weighted by molar-refractivity contribution is 7.79.